The van der Waals surface area contributed by atoms with Gasteiger partial charge < -0.3 is 15.2 Å². The van der Waals surface area contributed by atoms with Crippen molar-refractivity contribution in [2.45, 2.75) is 0 Å². The van der Waals surface area contributed by atoms with Crippen LogP contribution in [-0.4, -0.2) is 40.9 Å². The number of β-amino-alcohol motifs (C(OH)–C–C–N with tert-alkyl or cyclic N) is 1. The van der Waals surface area contributed by atoms with E-state index in [1.54, 1.807) is 18.2 Å². The second-order valence-corrected chi connectivity index (χ2v) is 5.59. The molecule has 1 aliphatic rings. The van der Waals surface area contributed by atoms with Gasteiger partial charge in [0.15, 0.2) is 0 Å². The third kappa shape index (κ3) is 4.01. The Morgan fingerprint density at radius 1 is 1.11 bits per heavy atom. The zero-order chi connectivity index (χ0) is 19.4. The fourth-order valence-corrected chi connectivity index (χ4v) is 2.49. The predicted molar refractivity (Wildman–Crippen MR) is 93.3 cm³/mol. The minimum atomic E-state index is -0.714. The van der Waals surface area contributed by atoms with Crippen molar-refractivity contribution in [3.8, 4) is 5.75 Å². The summed E-state index contributed by atoms with van der Waals surface area (Å²) in [6.07, 6.45) is 1.10. The molecule has 1 aliphatic heterocycles. The minimum Gasteiger partial charge on any atom is -0.423 e. The molecule has 2 N–H and O–H groups in total. The van der Waals surface area contributed by atoms with Crippen LogP contribution in [0.4, 0.5) is 10.1 Å². The van der Waals surface area contributed by atoms with Gasteiger partial charge in [0.1, 0.15) is 17.3 Å². The van der Waals surface area contributed by atoms with Crippen molar-refractivity contribution in [3.05, 3.63) is 71.7 Å². The molecule has 138 valence electrons. The highest BCUT2D eigenvalue weighted by molar-refractivity contribution is 6.17. The van der Waals surface area contributed by atoms with Crippen LogP contribution in [0.3, 0.4) is 0 Å². The largest absolute Gasteiger partial charge is 0.423 e. The summed E-state index contributed by atoms with van der Waals surface area (Å²) >= 11 is 0. The van der Waals surface area contributed by atoms with E-state index in [4.69, 9.17) is 9.84 Å². The number of nitrogens with one attached hydrogen (secondary N) is 1. The number of hydrogen-bond acceptors (Lipinski definition) is 6. The van der Waals surface area contributed by atoms with E-state index in [1.807, 2.05) is 0 Å². The van der Waals surface area contributed by atoms with Crippen LogP contribution in [0.2, 0.25) is 0 Å². The van der Waals surface area contributed by atoms with Crippen molar-refractivity contribution in [1.29, 1.82) is 0 Å². The third-order valence-corrected chi connectivity index (χ3v) is 3.77. The van der Waals surface area contributed by atoms with Crippen LogP contribution in [-0.2, 0) is 9.59 Å². The number of para-hydroxylation sites is 1. The Hall–Kier alpha value is -3.52. The van der Waals surface area contributed by atoms with E-state index in [0.29, 0.717) is 0 Å². The Bertz CT molecular complexity index is 924. The fourth-order valence-electron chi connectivity index (χ4n) is 2.49. The van der Waals surface area contributed by atoms with Crippen LogP contribution in [0.15, 0.2) is 60.3 Å². The van der Waals surface area contributed by atoms with Crippen molar-refractivity contribution >= 4 is 23.5 Å². The highest BCUT2D eigenvalue weighted by Crippen LogP contribution is 2.22. The van der Waals surface area contributed by atoms with E-state index >= 15 is 0 Å². The summed E-state index contributed by atoms with van der Waals surface area (Å²) in [4.78, 5) is 37.4. The van der Waals surface area contributed by atoms with E-state index in [1.165, 1.54) is 18.2 Å². The number of carbonyl (C=O) groups excluding carboxylic acids is 3. The van der Waals surface area contributed by atoms with Crippen LogP contribution < -0.4 is 10.1 Å². The molecule has 3 rings (SSSR count). The second-order valence-electron chi connectivity index (χ2n) is 5.59. The number of nitrogens with zero attached hydrogens (tertiary/aromatic N) is 1. The molecule has 8 heteroatoms. The van der Waals surface area contributed by atoms with Gasteiger partial charge in [-0.05, 0) is 36.4 Å². The predicted octanol–water partition coefficient (Wildman–Crippen LogP) is 1.70. The first-order valence-corrected chi connectivity index (χ1v) is 8.02. The van der Waals surface area contributed by atoms with Crippen molar-refractivity contribution in [2.24, 2.45) is 0 Å². The molecule has 2 aromatic carbocycles. The topological polar surface area (TPSA) is 95.9 Å². The summed E-state index contributed by atoms with van der Waals surface area (Å²) in [5.74, 6) is -2.16. The lowest BCUT2D eigenvalue weighted by molar-refractivity contribution is -0.137. The first kappa shape index (κ1) is 18.3. The van der Waals surface area contributed by atoms with Gasteiger partial charge in [0, 0.05) is 6.08 Å². The van der Waals surface area contributed by atoms with E-state index in [2.05, 4.69) is 5.32 Å². The van der Waals surface area contributed by atoms with Gasteiger partial charge >= 0.3 is 5.97 Å². The summed E-state index contributed by atoms with van der Waals surface area (Å²) in [5, 5.41) is 11.7. The molecule has 0 aliphatic carbocycles. The smallest absolute Gasteiger partial charge is 0.345 e. The molecule has 0 unspecified atom stereocenters. The quantitative estimate of drug-likeness (QED) is 0.457. The molecule has 0 bridgehead atoms. The molecule has 27 heavy (non-hydrogen) atoms. The van der Waals surface area contributed by atoms with E-state index in [-0.39, 0.29) is 35.8 Å². The van der Waals surface area contributed by atoms with Gasteiger partial charge in [0.05, 0.1) is 24.4 Å². The highest BCUT2D eigenvalue weighted by atomic mass is 19.1. The molecular formula is C19H15FN2O5. The molecular weight excluding hydrogens is 355 g/mol. The molecule has 0 atom stereocenters. The number of amides is 2. The number of rotatable bonds is 6. The third-order valence-electron chi connectivity index (χ3n) is 3.77. The van der Waals surface area contributed by atoms with Crippen molar-refractivity contribution in [3.63, 3.8) is 0 Å². The number of anilines is 1. The number of halogens is 1. The number of benzene rings is 2. The van der Waals surface area contributed by atoms with Gasteiger partial charge in [-0.2, -0.15) is 0 Å². The molecule has 1 heterocycles. The second kappa shape index (κ2) is 7.79. The maximum atomic E-state index is 13.0. The number of esters is 1. The SMILES string of the molecule is O=C(Oc1ccc(F)cc1)c1ccccc1NC1=CC(=O)N(CCO)C1=O. The van der Waals surface area contributed by atoms with Crippen LogP contribution in [0.1, 0.15) is 10.4 Å². The van der Waals surface area contributed by atoms with E-state index in [9.17, 15) is 18.8 Å². The molecule has 7 nitrogen and oxygen atoms in total. The zero-order valence-corrected chi connectivity index (χ0v) is 14.0. The van der Waals surface area contributed by atoms with Gasteiger partial charge in [-0.1, -0.05) is 12.1 Å². The van der Waals surface area contributed by atoms with E-state index in [0.717, 1.165) is 23.1 Å². The fraction of sp³-hybridized carbons (Fsp3) is 0.105. The Kier molecular flexibility index (Phi) is 5.28. The molecule has 0 saturated heterocycles. The van der Waals surface area contributed by atoms with Crippen LogP contribution >= 0.6 is 0 Å². The number of ether oxygens (including phenoxy) is 1. The molecule has 0 saturated carbocycles. The first-order chi connectivity index (χ1) is 13.0. The van der Waals surface area contributed by atoms with Gasteiger partial charge in [0.25, 0.3) is 11.8 Å². The van der Waals surface area contributed by atoms with Gasteiger partial charge in [-0.25, -0.2) is 9.18 Å². The van der Waals surface area contributed by atoms with Crippen LogP contribution in [0, 0.1) is 5.82 Å². The van der Waals surface area contributed by atoms with Gasteiger partial charge in [-0.3, -0.25) is 14.5 Å². The minimum absolute atomic E-state index is 0.0181. The normalized spacial score (nSPS) is 13.6. The lowest BCUT2D eigenvalue weighted by Crippen LogP contribution is -2.34. The number of aliphatic hydroxyl groups is 1. The number of aliphatic hydroxyl groups excluding tert-OH is 1. The molecule has 0 aromatic heterocycles. The monoisotopic (exact) mass is 370 g/mol. The number of imide groups is 1. The number of hydrogen-bond donors (Lipinski definition) is 2. The van der Waals surface area contributed by atoms with Gasteiger partial charge in [0.2, 0.25) is 0 Å². The molecule has 0 radical (unpaired) electrons. The lowest BCUT2D eigenvalue weighted by atomic mass is 10.1. The van der Waals surface area contributed by atoms with Crippen LogP contribution in [0.5, 0.6) is 5.75 Å². The highest BCUT2D eigenvalue weighted by Gasteiger charge is 2.31. The zero-order valence-electron chi connectivity index (χ0n) is 14.0. The maximum Gasteiger partial charge on any atom is 0.345 e. The summed E-state index contributed by atoms with van der Waals surface area (Å²) < 4.78 is 18.2. The Morgan fingerprint density at radius 3 is 2.52 bits per heavy atom. The molecule has 0 spiro atoms. The average molecular weight is 370 g/mol. The standard InChI is InChI=1S/C19H15FN2O5/c20-12-5-7-13(8-6-12)27-19(26)14-3-1-2-4-15(14)21-16-11-17(24)22(9-10-23)18(16)25/h1-8,11,21,23H,9-10H2. The number of carbonyl (C=O) groups is 3. The lowest BCUT2D eigenvalue weighted by Gasteiger charge is -2.14. The van der Waals surface area contributed by atoms with Crippen molar-refractivity contribution in [1.82, 2.24) is 4.90 Å². The van der Waals surface area contributed by atoms with Crippen molar-refractivity contribution in [2.75, 3.05) is 18.5 Å². The van der Waals surface area contributed by atoms with Crippen molar-refractivity contribution < 1.29 is 28.6 Å². The van der Waals surface area contributed by atoms with Gasteiger partial charge in [-0.15, -0.1) is 0 Å². The Balaban J connectivity index is 1.79. The van der Waals surface area contributed by atoms with E-state index < -0.39 is 23.6 Å². The molecule has 2 aromatic rings. The first-order valence-electron chi connectivity index (χ1n) is 8.02. The molecule has 0 fully saturated rings. The molecule has 2 amide bonds. The summed E-state index contributed by atoms with van der Waals surface area (Å²) in [6.45, 7) is -0.465. The van der Waals surface area contributed by atoms with Crippen LogP contribution in [0.25, 0.3) is 0 Å². The summed E-state index contributed by atoms with van der Waals surface area (Å²) in [5.41, 5.74) is 0.377. The summed E-state index contributed by atoms with van der Waals surface area (Å²) in [6, 6.07) is 11.3. The maximum absolute atomic E-state index is 13.0. The summed E-state index contributed by atoms with van der Waals surface area (Å²) in [7, 11) is 0. The Labute approximate surface area is 153 Å². The Morgan fingerprint density at radius 2 is 1.81 bits per heavy atom. The average Bonchev–Trinajstić information content (AvgIpc) is 2.92.